The van der Waals surface area contributed by atoms with E-state index in [2.05, 4.69) is 43.0 Å². The number of hydrogen-bond donors (Lipinski definition) is 0. The van der Waals surface area contributed by atoms with Crippen LogP contribution in [0.15, 0.2) is 30.3 Å². The molecule has 0 aliphatic carbocycles. The second-order valence-electron chi connectivity index (χ2n) is 5.64. The van der Waals surface area contributed by atoms with Crippen molar-refractivity contribution in [3.63, 3.8) is 0 Å². The Kier molecular flexibility index (Phi) is 5.11. The van der Waals surface area contributed by atoms with Gasteiger partial charge in [-0.15, -0.1) is 0 Å². The summed E-state index contributed by atoms with van der Waals surface area (Å²) in [5, 5.41) is 0. The van der Waals surface area contributed by atoms with Gasteiger partial charge in [0.25, 0.3) is 0 Å². The minimum atomic E-state index is -0.236. The molecular weight excluding hydrogens is 238 g/mol. The highest BCUT2D eigenvalue weighted by Crippen LogP contribution is 2.14. The van der Waals surface area contributed by atoms with Gasteiger partial charge in [0, 0.05) is 26.1 Å². The minimum absolute atomic E-state index is 0.236. The molecule has 0 N–H and O–H groups in total. The van der Waals surface area contributed by atoms with Crippen molar-refractivity contribution in [2.24, 2.45) is 5.92 Å². The zero-order valence-corrected chi connectivity index (χ0v) is 11.8. The second-order valence-corrected chi connectivity index (χ2v) is 5.64. The summed E-state index contributed by atoms with van der Waals surface area (Å²) >= 11 is 0. The first-order valence-corrected chi connectivity index (χ1v) is 7.05. The fraction of sp³-hybridized carbons (Fsp3) is 0.562. The van der Waals surface area contributed by atoms with Crippen LogP contribution in [0.4, 0.5) is 0 Å². The van der Waals surface area contributed by atoms with Gasteiger partial charge in [-0.05, 0) is 11.5 Å². The lowest BCUT2D eigenvalue weighted by Gasteiger charge is -2.32. The minimum Gasteiger partial charge on any atom is -0.368 e. The van der Waals surface area contributed by atoms with E-state index in [-0.39, 0.29) is 11.9 Å². The van der Waals surface area contributed by atoms with Gasteiger partial charge in [-0.3, -0.25) is 9.69 Å². The van der Waals surface area contributed by atoms with Crippen LogP contribution in [0.5, 0.6) is 0 Å². The van der Waals surface area contributed by atoms with Crippen LogP contribution in [0.3, 0.4) is 0 Å². The lowest BCUT2D eigenvalue weighted by atomic mass is 10.0. The number of ketones is 1. The van der Waals surface area contributed by atoms with E-state index in [9.17, 15) is 4.79 Å². The number of ether oxygens (including phenoxy) is 1. The molecule has 1 fully saturated rings. The second kappa shape index (κ2) is 6.83. The largest absolute Gasteiger partial charge is 0.368 e. The van der Waals surface area contributed by atoms with Crippen LogP contribution in [0, 0.1) is 5.92 Å². The van der Waals surface area contributed by atoms with E-state index in [0.29, 0.717) is 18.9 Å². The molecule has 104 valence electrons. The Morgan fingerprint density at radius 2 is 2.11 bits per heavy atom. The molecule has 1 aliphatic heterocycles. The fourth-order valence-corrected chi connectivity index (χ4v) is 2.42. The highest BCUT2D eigenvalue weighted by Gasteiger charge is 2.26. The Bertz CT molecular complexity index is 402. The number of benzene rings is 1. The first-order valence-electron chi connectivity index (χ1n) is 7.05. The summed E-state index contributed by atoms with van der Waals surface area (Å²) in [5.74, 6) is 0.647. The molecule has 1 aliphatic rings. The zero-order valence-electron chi connectivity index (χ0n) is 11.8. The average Bonchev–Trinajstić information content (AvgIpc) is 2.39. The van der Waals surface area contributed by atoms with Gasteiger partial charge in [0.15, 0.2) is 5.78 Å². The molecular formula is C16H23NO2. The van der Waals surface area contributed by atoms with Crippen LogP contribution >= 0.6 is 0 Å². The Morgan fingerprint density at radius 3 is 2.79 bits per heavy atom. The Labute approximate surface area is 115 Å². The van der Waals surface area contributed by atoms with E-state index in [1.165, 1.54) is 5.56 Å². The van der Waals surface area contributed by atoms with Crippen molar-refractivity contribution in [1.29, 1.82) is 0 Å². The number of Topliss-reactive ketones (excluding diaryl/α,β-unsaturated/α-hetero) is 1. The van der Waals surface area contributed by atoms with Crippen LogP contribution in [-0.4, -0.2) is 36.5 Å². The standard InChI is InChI=1S/C16H23NO2/c1-13(2)10-15(18)16-12-17(8-9-19-16)11-14-6-4-3-5-7-14/h3-7,13,16H,8-12H2,1-2H3. The van der Waals surface area contributed by atoms with E-state index >= 15 is 0 Å². The van der Waals surface area contributed by atoms with Crippen molar-refractivity contribution in [2.45, 2.75) is 32.9 Å². The lowest BCUT2D eigenvalue weighted by Crippen LogP contribution is -2.45. The topological polar surface area (TPSA) is 29.5 Å². The highest BCUT2D eigenvalue weighted by molar-refractivity contribution is 5.83. The third-order valence-electron chi connectivity index (χ3n) is 3.37. The fourth-order valence-electron chi connectivity index (χ4n) is 2.42. The van der Waals surface area contributed by atoms with Crippen molar-refractivity contribution in [3.05, 3.63) is 35.9 Å². The van der Waals surface area contributed by atoms with Crippen LogP contribution in [-0.2, 0) is 16.1 Å². The maximum absolute atomic E-state index is 12.1. The van der Waals surface area contributed by atoms with Gasteiger partial charge in [0.05, 0.1) is 6.61 Å². The summed E-state index contributed by atoms with van der Waals surface area (Å²) in [6.45, 7) is 7.32. The molecule has 1 aromatic carbocycles. The third-order valence-corrected chi connectivity index (χ3v) is 3.37. The summed E-state index contributed by atoms with van der Waals surface area (Å²) in [6.07, 6.45) is 0.379. The van der Waals surface area contributed by atoms with Crippen LogP contribution < -0.4 is 0 Å². The maximum atomic E-state index is 12.1. The van der Waals surface area contributed by atoms with Crippen LogP contribution in [0.1, 0.15) is 25.8 Å². The molecule has 1 atom stereocenters. The quantitative estimate of drug-likeness (QED) is 0.815. The van der Waals surface area contributed by atoms with Crippen molar-refractivity contribution in [2.75, 3.05) is 19.7 Å². The normalized spacial score (nSPS) is 20.7. The van der Waals surface area contributed by atoms with Gasteiger partial charge < -0.3 is 4.74 Å². The molecule has 1 heterocycles. The molecule has 1 saturated heterocycles. The summed E-state index contributed by atoms with van der Waals surface area (Å²) in [5.41, 5.74) is 1.29. The van der Waals surface area contributed by atoms with Crippen LogP contribution in [0.2, 0.25) is 0 Å². The predicted molar refractivity (Wildman–Crippen MR) is 75.9 cm³/mol. The van der Waals surface area contributed by atoms with Crippen molar-refractivity contribution in [3.8, 4) is 0 Å². The van der Waals surface area contributed by atoms with E-state index in [4.69, 9.17) is 4.74 Å². The molecule has 0 radical (unpaired) electrons. The van der Waals surface area contributed by atoms with Crippen molar-refractivity contribution >= 4 is 5.78 Å². The Morgan fingerprint density at radius 1 is 1.37 bits per heavy atom. The number of carbonyl (C=O) groups is 1. The van der Waals surface area contributed by atoms with E-state index in [1.54, 1.807) is 0 Å². The van der Waals surface area contributed by atoms with Gasteiger partial charge in [-0.2, -0.15) is 0 Å². The third kappa shape index (κ3) is 4.44. The molecule has 1 aromatic rings. The first kappa shape index (κ1) is 14.2. The summed E-state index contributed by atoms with van der Waals surface area (Å²) in [7, 11) is 0. The summed E-state index contributed by atoms with van der Waals surface area (Å²) < 4.78 is 5.62. The molecule has 0 saturated carbocycles. The number of carbonyl (C=O) groups excluding carboxylic acids is 1. The smallest absolute Gasteiger partial charge is 0.163 e. The van der Waals surface area contributed by atoms with Gasteiger partial charge in [0.1, 0.15) is 6.10 Å². The molecule has 2 rings (SSSR count). The molecule has 0 spiro atoms. The molecule has 0 bridgehead atoms. The van der Waals surface area contributed by atoms with Crippen molar-refractivity contribution < 1.29 is 9.53 Å². The van der Waals surface area contributed by atoms with Gasteiger partial charge in [-0.25, -0.2) is 0 Å². The molecule has 3 nitrogen and oxygen atoms in total. The number of rotatable bonds is 5. The van der Waals surface area contributed by atoms with Gasteiger partial charge in [-0.1, -0.05) is 44.2 Å². The number of hydrogen-bond acceptors (Lipinski definition) is 3. The van der Waals surface area contributed by atoms with Gasteiger partial charge >= 0.3 is 0 Å². The van der Waals surface area contributed by atoms with Crippen molar-refractivity contribution in [1.82, 2.24) is 4.90 Å². The zero-order chi connectivity index (χ0) is 13.7. The van der Waals surface area contributed by atoms with E-state index in [1.807, 2.05) is 6.07 Å². The number of morpholine rings is 1. The van der Waals surface area contributed by atoms with E-state index < -0.39 is 0 Å². The predicted octanol–water partition coefficient (Wildman–Crippen LogP) is 2.50. The number of nitrogens with zero attached hydrogens (tertiary/aromatic N) is 1. The first-order chi connectivity index (χ1) is 9.15. The molecule has 3 heteroatoms. The molecule has 19 heavy (non-hydrogen) atoms. The van der Waals surface area contributed by atoms with Gasteiger partial charge in [0.2, 0.25) is 0 Å². The monoisotopic (exact) mass is 261 g/mol. The SMILES string of the molecule is CC(C)CC(=O)C1CN(Cc2ccccc2)CCO1. The Hall–Kier alpha value is -1.19. The maximum Gasteiger partial charge on any atom is 0.163 e. The molecule has 0 aromatic heterocycles. The lowest BCUT2D eigenvalue weighted by molar-refractivity contribution is -0.137. The average molecular weight is 261 g/mol. The highest BCUT2D eigenvalue weighted by atomic mass is 16.5. The Balaban J connectivity index is 1.88. The summed E-state index contributed by atoms with van der Waals surface area (Å²) in [4.78, 5) is 14.4. The summed E-state index contributed by atoms with van der Waals surface area (Å²) in [6, 6.07) is 10.4. The molecule has 0 amide bonds. The van der Waals surface area contributed by atoms with Crippen LogP contribution in [0.25, 0.3) is 0 Å². The molecule has 1 unspecified atom stereocenters. The van der Waals surface area contributed by atoms with E-state index in [0.717, 1.165) is 19.6 Å².